The van der Waals surface area contributed by atoms with Gasteiger partial charge in [-0.15, -0.1) is 21.5 Å². The van der Waals surface area contributed by atoms with Crippen LogP contribution in [0.2, 0.25) is 10.3 Å². The molecule has 10 heteroatoms. The van der Waals surface area contributed by atoms with Gasteiger partial charge >= 0.3 is 5.97 Å². The van der Waals surface area contributed by atoms with Gasteiger partial charge in [0.05, 0.1) is 10.6 Å². The molecule has 0 aliphatic heterocycles. The molecular formula is C11H8Cl2N4O3S. The van der Waals surface area contributed by atoms with E-state index in [1.807, 2.05) is 0 Å². The van der Waals surface area contributed by atoms with Gasteiger partial charge in [-0.3, -0.25) is 4.79 Å². The van der Waals surface area contributed by atoms with E-state index in [2.05, 4.69) is 20.5 Å². The molecule has 0 bridgehead atoms. The van der Waals surface area contributed by atoms with Crippen LogP contribution in [0.3, 0.4) is 0 Å². The zero-order chi connectivity index (χ0) is 15.4. The number of carbonyl (C=O) groups excluding carboxylic acids is 1. The molecule has 0 saturated carbocycles. The van der Waals surface area contributed by atoms with E-state index in [4.69, 9.17) is 28.3 Å². The molecule has 21 heavy (non-hydrogen) atoms. The molecule has 0 aromatic carbocycles. The molecule has 2 heterocycles. The zero-order valence-electron chi connectivity index (χ0n) is 10.3. The molecule has 2 N–H and O–H groups in total. The quantitative estimate of drug-likeness (QED) is 0.856. The lowest BCUT2D eigenvalue weighted by Gasteiger charge is -2.05. The van der Waals surface area contributed by atoms with E-state index in [0.717, 1.165) is 0 Å². The maximum absolute atomic E-state index is 11.9. The first-order valence-corrected chi connectivity index (χ1v) is 7.25. The van der Waals surface area contributed by atoms with Crippen LogP contribution in [-0.2, 0) is 6.42 Å². The Morgan fingerprint density at radius 1 is 1.33 bits per heavy atom. The monoisotopic (exact) mass is 346 g/mol. The van der Waals surface area contributed by atoms with Crippen molar-refractivity contribution in [1.29, 1.82) is 0 Å². The lowest BCUT2D eigenvalue weighted by Crippen LogP contribution is -2.26. The van der Waals surface area contributed by atoms with Crippen LogP contribution in [0.25, 0.3) is 0 Å². The van der Waals surface area contributed by atoms with E-state index < -0.39 is 11.9 Å². The number of aromatic nitrogens is 3. The Morgan fingerprint density at radius 3 is 2.76 bits per heavy atom. The summed E-state index contributed by atoms with van der Waals surface area (Å²) in [5.41, 5.74) is 0.122. The topological polar surface area (TPSA) is 105 Å². The van der Waals surface area contributed by atoms with Crippen LogP contribution >= 0.6 is 34.5 Å². The lowest BCUT2D eigenvalue weighted by molar-refractivity contribution is 0.0690. The van der Waals surface area contributed by atoms with Crippen molar-refractivity contribution in [3.8, 4) is 0 Å². The van der Waals surface area contributed by atoms with Crippen LogP contribution < -0.4 is 5.32 Å². The third-order valence-corrected chi connectivity index (χ3v) is 3.73. The Labute approximate surface area is 132 Å². The highest BCUT2D eigenvalue weighted by molar-refractivity contribution is 7.09. The maximum atomic E-state index is 11.9. The van der Waals surface area contributed by atoms with Crippen LogP contribution in [-0.4, -0.2) is 38.7 Å². The summed E-state index contributed by atoms with van der Waals surface area (Å²) in [6.07, 6.45) is 0.410. The average Bonchev–Trinajstić information content (AvgIpc) is 2.90. The molecule has 2 aromatic heterocycles. The van der Waals surface area contributed by atoms with Crippen LogP contribution in [0.5, 0.6) is 0 Å². The Balaban J connectivity index is 1.92. The van der Waals surface area contributed by atoms with Crippen molar-refractivity contribution in [2.45, 2.75) is 6.42 Å². The summed E-state index contributed by atoms with van der Waals surface area (Å²) in [5.74, 6) is -1.52. The molecule has 2 rings (SSSR count). The summed E-state index contributed by atoms with van der Waals surface area (Å²) in [6, 6.07) is 1.32. The Hall–Kier alpha value is -1.77. The predicted octanol–water partition coefficient (Wildman–Crippen LogP) is 1.91. The maximum Gasteiger partial charge on any atom is 0.355 e. The molecule has 0 atom stereocenters. The molecule has 1 amide bonds. The second-order valence-corrected chi connectivity index (χ2v) is 5.50. The minimum atomic E-state index is -1.08. The van der Waals surface area contributed by atoms with Gasteiger partial charge in [-0.2, -0.15) is 0 Å². The number of carboxylic acid groups (broad SMARTS) is 1. The first kappa shape index (κ1) is 15.6. The second kappa shape index (κ2) is 6.79. The minimum absolute atomic E-state index is 0.00511. The number of halogens is 2. The summed E-state index contributed by atoms with van der Waals surface area (Å²) >= 11 is 12.6. The van der Waals surface area contributed by atoms with Gasteiger partial charge < -0.3 is 10.4 Å². The standard InChI is InChI=1S/C11H8Cl2N4O3S/c12-7-3-5(9(13)17-16-7)10(18)14-2-1-8-15-6(4-21-8)11(19)20/h3-4H,1-2H2,(H,14,18)(H,19,20). The van der Waals surface area contributed by atoms with E-state index >= 15 is 0 Å². The Kier molecular flexibility index (Phi) is 5.05. The van der Waals surface area contributed by atoms with Gasteiger partial charge in [-0.25, -0.2) is 9.78 Å². The Morgan fingerprint density at radius 2 is 2.10 bits per heavy atom. The van der Waals surface area contributed by atoms with Crippen LogP contribution in [0.15, 0.2) is 11.4 Å². The first-order chi connectivity index (χ1) is 9.97. The highest BCUT2D eigenvalue weighted by Crippen LogP contribution is 2.15. The van der Waals surface area contributed by atoms with Crippen LogP contribution in [0.1, 0.15) is 25.9 Å². The number of aromatic carboxylic acids is 1. The molecule has 0 spiro atoms. The van der Waals surface area contributed by atoms with E-state index in [9.17, 15) is 9.59 Å². The fourth-order valence-corrected chi connectivity index (χ4v) is 2.51. The number of nitrogens with one attached hydrogen (secondary N) is 1. The molecule has 110 valence electrons. The number of thiazole rings is 1. The van der Waals surface area contributed by atoms with Crippen molar-refractivity contribution < 1.29 is 14.7 Å². The van der Waals surface area contributed by atoms with Gasteiger partial charge in [0, 0.05) is 18.3 Å². The minimum Gasteiger partial charge on any atom is -0.476 e. The number of rotatable bonds is 5. The van der Waals surface area contributed by atoms with E-state index in [1.165, 1.54) is 22.8 Å². The fourth-order valence-electron chi connectivity index (χ4n) is 1.41. The zero-order valence-corrected chi connectivity index (χ0v) is 12.7. The number of nitrogens with zero attached hydrogens (tertiary/aromatic N) is 3. The predicted molar refractivity (Wildman–Crippen MR) is 77.2 cm³/mol. The molecule has 0 saturated heterocycles. The van der Waals surface area contributed by atoms with Gasteiger partial charge in [0.1, 0.15) is 0 Å². The van der Waals surface area contributed by atoms with Crippen LogP contribution in [0.4, 0.5) is 0 Å². The average molecular weight is 347 g/mol. The summed E-state index contributed by atoms with van der Waals surface area (Å²) in [5, 5.41) is 20.5. The second-order valence-electron chi connectivity index (χ2n) is 3.81. The third-order valence-electron chi connectivity index (χ3n) is 2.36. The van der Waals surface area contributed by atoms with Crippen molar-refractivity contribution in [2.75, 3.05) is 6.54 Å². The van der Waals surface area contributed by atoms with Crippen molar-refractivity contribution in [2.24, 2.45) is 0 Å². The fraction of sp³-hybridized carbons (Fsp3) is 0.182. The molecule has 0 aliphatic rings. The van der Waals surface area contributed by atoms with Gasteiger partial charge in [0.15, 0.2) is 16.0 Å². The van der Waals surface area contributed by atoms with Crippen LogP contribution in [0, 0.1) is 0 Å². The molecule has 0 fully saturated rings. The molecule has 0 radical (unpaired) electrons. The largest absolute Gasteiger partial charge is 0.476 e. The highest BCUT2D eigenvalue weighted by atomic mass is 35.5. The molecule has 0 unspecified atom stereocenters. The summed E-state index contributed by atoms with van der Waals surface area (Å²) < 4.78 is 0. The number of amides is 1. The highest BCUT2D eigenvalue weighted by Gasteiger charge is 2.13. The van der Waals surface area contributed by atoms with E-state index in [0.29, 0.717) is 11.4 Å². The van der Waals surface area contributed by atoms with Gasteiger partial charge in [-0.1, -0.05) is 23.2 Å². The van der Waals surface area contributed by atoms with Crippen molar-refractivity contribution in [3.63, 3.8) is 0 Å². The molecule has 7 nitrogen and oxygen atoms in total. The smallest absolute Gasteiger partial charge is 0.355 e. The number of hydrogen-bond acceptors (Lipinski definition) is 6. The third kappa shape index (κ3) is 4.10. The Bertz CT molecular complexity index is 692. The summed E-state index contributed by atoms with van der Waals surface area (Å²) in [7, 11) is 0. The van der Waals surface area contributed by atoms with Crippen molar-refractivity contribution >= 4 is 46.4 Å². The molecular weight excluding hydrogens is 339 g/mol. The van der Waals surface area contributed by atoms with Gasteiger partial charge in [-0.05, 0) is 6.07 Å². The number of carbonyl (C=O) groups is 2. The normalized spacial score (nSPS) is 10.4. The SMILES string of the molecule is O=C(O)c1csc(CCNC(=O)c2cc(Cl)nnc2Cl)n1. The van der Waals surface area contributed by atoms with Gasteiger partial charge in [0.25, 0.3) is 5.91 Å². The van der Waals surface area contributed by atoms with E-state index in [1.54, 1.807) is 0 Å². The molecule has 2 aromatic rings. The first-order valence-electron chi connectivity index (χ1n) is 5.62. The van der Waals surface area contributed by atoms with Gasteiger partial charge in [0.2, 0.25) is 0 Å². The summed E-state index contributed by atoms with van der Waals surface area (Å²) in [6.45, 7) is 0.279. The van der Waals surface area contributed by atoms with Crippen molar-refractivity contribution in [3.05, 3.63) is 38.0 Å². The number of carboxylic acids is 1. The molecule has 0 aliphatic carbocycles. The van der Waals surface area contributed by atoms with Crippen molar-refractivity contribution in [1.82, 2.24) is 20.5 Å². The summed E-state index contributed by atoms with van der Waals surface area (Å²) in [4.78, 5) is 26.5. The lowest BCUT2D eigenvalue weighted by atomic mass is 10.3. The number of hydrogen-bond donors (Lipinski definition) is 2. The van der Waals surface area contributed by atoms with E-state index in [-0.39, 0.29) is 28.1 Å².